The van der Waals surface area contributed by atoms with Gasteiger partial charge in [-0.25, -0.2) is 4.98 Å². The van der Waals surface area contributed by atoms with Crippen molar-refractivity contribution in [3.8, 4) is 5.69 Å². The Balaban J connectivity index is 0.00000120. The molecule has 2 aromatic carbocycles. The predicted octanol–water partition coefficient (Wildman–Crippen LogP) is 4.14. The van der Waals surface area contributed by atoms with Crippen LogP contribution in [0.25, 0.3) is 16.7 Å². The Morgan fingerprint density at radius 2 is 1.79 bits per heavy atom. The van der Waals surface area contributed by atoms with Gasteiger partial charge in [0.25, 0.3) is 5.91 Å². The molecular weight excluding hydrogens is 407 g/mol. The van der Waals surface area contributed by atoms with Gasteiger partial charge in [-0.2, -0.15) is 0 Å². The SMILES string of the molecule is Cc1nc2cc(C(=O)N3C4CCNCC3CC4)ccc2n1-c1ccccc1.Cl.Cl. The molecule has 7 heteroatoms. The van der Waals surface area contributed by atoms with Gasteiger partial charge in [0, 0.05) is 29.9 Å². The number of hydrogen-bond acceptors (Lipinski definition) is 3. The van der Waals surface area contributed by atoms with Crippen LogP contribution < -0.4 is 5.32 Å². The lowest BCUT2D eigenvalue weighted by Gasteiger charge is -2.28. The van der Waals surface area contributed by atoms with Gasteiger partial charge in [0.15, 0.2) is 0 Å². The number of benzene rings is 2. The number of rotatable bonds is 2. The molecule has 5 nitrogen and oxygen atoms in total. The number of aryl methyl sites for hydroxylation is 1. The Bertz CT molecular complexity index is 991. The molecule has 2 atom stereocenters. The molecule has 2 unspecified atom stereocenters. The highest BCUT2D eigenvalue weighted by Gasteiger charge is 2.38. The Hall–Kier alpha value is -2.08. The van der Waals surface area contributed by atoms with Gasteiger partial charge in [-0.05, 0) is 63.1 Å². The minimum atomic E-state index is 0. The third-order valence-electron chi connectivity index (χ3n) is 5.97. The van der Waals surface area contributed by atoms with Gasteiger partial charge in [0.05, 0.1) is 11.0 Å². The van der Waals surface area contributed by atoms with Gasteiger partial charge < -0.3 is 10.2 Å². The minimum absolute atomic E-state index is 0. The third-order valence-corrected chi connectivity index (χ3v) is 5.97. The van der Waals surface area contributed by atoms with Crippen LogP contribution in [0.2, 0.25) is 0 Å². The summed E-state index contributed by atoms with van der Waals surface area (Å²) >= 11 is 0. The van der Waals surface area contributed by atoms with Gasteiger partial charge in [-0.1, -0.05) is 18.2 Å². The first-order valence-corrected chi connectivity index (χ1v) is 9.80. The molecular formula is C22H26Cl2N4O. The summed E-state index contributed by atoms with van der Waals surface area (Å²) in [7, 11) is 0. The van der Waals surface area contributed by atoms with Crippen molar-refractivity contribution in [3.63, 3.8) is 0 Å². The second-order valence-corrected chi connectivity index (χ2v) is 7.62. The van der Waals surface area contributed by atoms with E-state index in [-0.39, 0.29) is 30.7 Å². The number of amides is 1. The molecule has 2 saturated heterocycles. The monoisotopic (exact) mass is 432 g/mol. The number of nitrogens with zero attached hydrogens (tertiary/aromatic N) is 3. The van der Waals surface area contributed by atoms with Crippen molar-refractivity contribution < 1.29 is 4.79 Å². The third kappa shape index (κ3) is 3.75. The van der Waals surface area contributed by atoms with Crippen LogP contribution in [0.15, 0.2) is 48.5 Å². The summed E-state index contributed by atoms with van der Waals surface area (Å²) in [6.07, 6.45) is 3.28. The normalized spacial score (nSPS) is 20.7. The molecule has 0 aliphatic carbocycles. The molecule has 2 bridgehead atoms. The van der Waals surface area contributed by atoms with Crippen LogP contribution in [0.3, 0.4) is 0 Å². The molecule has 2 fully saturated rings. The van der Waals surface area contributed by atoms with E-state index in [4.69, 9.17) is 4.98 Å². The van der Waals surface area contributed by atoms with Gasteiger partial charge in [-0.15, -0.1) is 24.8 Å². The van der Waals surface area contributed by atoms with Crippen molar-refractivity contribution in [2.45, 2.75) is 38.3 Å². The maximum absolute atomic E-state index is 13.3. The van der Waals surface area contributed by atoms with E-state index in [9.17, 15) is 4.79 Å². The first-order chi connectivity index (χ1) is 13.2. The average molecular weight is 433 g/mol. The summed E-state index contributed by atoms with van der Waals surface area (Å²) in [5.74, 6) is 1.08. The Labute approximate surface area is 183 Å². The van der Waals surface area contributed by atoms with Crippen LogP contribution in [-0.4, -0.2) is 45.5 Å². The lowest BCUT2D eigenvalue weighted by molar-refractivity contribution is 0.0680. The number of carbonyl (C=O) groups excluding carboxylic acids is 1. The van der Waals surface area contributed by atoms with E-state index in [0.717, 1.165) is 60.5 Å². The number of aromatic nitrogens is 2. The highest BCUT2D eigenvalue weighted by Crippen LogP contribution is 2.30. The predicted molar refractivity (Wildman–Crippen MR) is 121 cm³/mol. The van der Waals surface area contributed by atoms with Crippen molar-refractivity contribution in [1.29, 1.82) is 0 Å². The molecule has 1 N–H and O–H groups in total. The first kappa shape index (κ1) is 21.6. The van der Waals surface area contributed by atoms with Crippen LogP contribution >= 0.6 is 24.8 Å². The Morgan fingerprint density at radius 1 is 1.03 bits per heavy atom. The quantitative estimate of drug-likeness (QED) is 0.661. The molecule has 5 rings (SSSR count). The zero-order chi connectivity index (χ0) is 18.4. The Morgan fingerprint density at radius 3 is 2.59 bits per heavy atom. The van der Waals surface area contributed by atoms with Gasteiger partial charge in [-0.3, -0.25) is 9.36 Å². The topological polar surface area (TPSA) is 50.2 Å². The summed E-state index contributed by atoms with van der Waals surface area (Å²) in [5, 5.41) is 3.46. The fourth-order valence-electron chi connectivity index (χ4n) is 4.70. The first-order valence-electron chi connectivity index (χ1n) is 9.80. The van der Waals surface area contributed by atoms with E-state index < -0.39 is 0 Å². The number of hydrogen-bond donors (Lipinski definition) is 1. The van der Waals surface area contributed by atoms with Crippen LogP contribution in [0.5, 0.6) is 0 Å². The largest absolute Gasteiger partial charge is 0.331 e. The van der Waals surface area contributed by atoms with E-state index in [2.05, 4.69) is 26.9 Å². The summed E-state index contributed by atoms with van der Waals surface area (Å²) in [4.78, 5) is 20.1. The van der Waals surface area contributed by atoms with E-state index in [1.165, 1.54) is 0 Å². The van der Waals surface area contributed by atoms with Crippen LogP contribution in [-0.2, 0) is 0 Å². The molecule has 0 saturated carbocycles. The summed E-state index contributed by atoms with van der Waals surface area (Å²) in [5.41, 5.74) is 3.76. The van der Waals surface area contributed by atoms with E-state index >= 15 is 0 Å². The zero-order valence-corrected chi connectivity index (χ0v) is 18.0. The van der Waals surface area contributed by atoms with Gasteiger partial charge in [0.2, 0.25) is 0 Å². The van der Waals surface area contributed by atoms with Crippen LogP contribution in [0.4, 0.5) is 0 Å². The number of imidazole rings is 1. The van der Waals surface area contributed by atoms with E-state index in [1.807, 2.05) is 43.3 Å². The van der Waals surface area contributed by atoms with Crippen molar-refractivity contribution in [2.75, 3.05) is 13.1 Å². The highest BCUT2D eigenvalue weighted by atomic mass is 35.5. The summed E-state index contributed by atoms with van der Waals surface area (Å²) in [6, 6.07) is 16.9. The fourth-order valence-corrected chi connectivity index (χ4v) is 4.70. The Kier molecular flexibility index (Phi) is 6.52. The molecule has 2 aliphatic rings. The highest BCUT2D eigenvalue weighted by molar-refractivity contribution is 5.98. The average Bonchev–Trinajstić information content (AvgIpc) is 3.15. The summed E-state index contributed by atoms with van der Waals surface area (Å²) in [6.45, 7) is 3.92. The molecule has 0 radical (unpaired) electrons. The molecule has 3 aromatic rings. The van der Waals surface area contributed by atoms with Gasteiger partial charge >= 0.3 is 0 Å². The molecule has 154 valence electrons. The number of nitrogens with one attached hydrogen (secondary N) is 1. The second kappa shape index (κ2) is 8.74. The second-order valence-electron chi connectivity index (χ2n) is 7.62. The summed E-state index contributed by atoms with van der Waals surface area (Å²) < 4.78 is 2.14. The number of fused-ring (bicyclic) bond motifs is 3. The molecule has 0 spiro atoms. The lowest BCUT2D eigenvalue weighted by Crippen LogP contribution is -2.42. The maximum atomic E-state index is 13.3. The maximum Gasteiger partial charge on any atom is 0.254 e. The van der Waals surface area contributed by atoms with Crippen LogP contribution in [0, 0.1) is 6.92 Å². The van der Waals surface area contributed by atoms with E-state index in [1.54, 1.807) is 0 Å². The molecule has 2 aliphatic heterocycles. The molecule has 1 amide bonds. The molecule has 29 heavy (non-hydrogen) atoms. The molecule has 1 aromatic heterocycles. The van der Waals surface area contributed by atoms with Crippen molar-refractivity contribution >= 4 is 41.8 Å². The van der Waals surface area contributed by atoms with Crippen molar-refractivity contribution in [3.05, 3.63) is 59.9 Å². The number of para-hydroxylation sites is 1. The fraction of sp³-hybridized carbons (Fsp3) is 0.364. The molecule has 3 heterocycles. The number of carbonyl (C=O) groups is 1. The zero-order valence-electron chi connectivity index (χ0n) is 16.4. The minimum Gasteiger partial charge on any atom is -0.331 e. The van der Waals surface area contributed by atoms with Crippen molar-refractivity contribution in [1.82, 2.24) is 19.8 Å². The van der Waals surface area contributed by atoms with Gasteiger partial charge in [0.1, 0.15) is 5.82 Å². The smallest absolute Gasteiger partial charge is 0.254 e. The standard InChI is InChI=1S/C22H24N4O.2ClH/c1-15-24-20-13-16(7-10-21(20)25(15)17-5-3-2-4-6-17)22(27)26-18-8-9-19(26)14-23-12-11-18;;/h2-7,10,13,18-19,23H,8-9,11-12,14H2,1H3;2*1H. The van der Waals surface area contributed by atoms with Crippen molar-refractivity contribution in [2.24, 2.45) is 0 Å². The van der Waals surface area contributed by atoms with Crippen LogP contribution in [0.1, 0.15) is 35.4 Å². The lowest BCUT2D eigenvalue weighted by atomic mass is 10.1. The van der Waals surface area contributed by atoms with E-state index in [0.29, 0.717) is 12.1 Å². The number of halogens is 2.